The van der Waals surface area contributed by atoms with Crippen LogP contribution < -0.4 is 9.03 Å². The van der Waals surface area contributed by atoms with Crippen LogP contribution in [0.5, 0.6) is 0 Å². The summed E-state index contributed by atoms with van der Waals surface area (Å²) in [7, 11) is -7.03. The fourth-order valence-electron chi connectivity index (χ4n) is 2.59. The molecule has 124 valence electrons. The molecule has 0 spiro atoms. The lowest BCUT2D eigenvalue weighted by molar-refractivity contribution is 0.588. The Morgan fingerprint density at radius 3 is 2.61 bits per heavy atom. The van der Waals surface area contributed by atoms with Crippen molar-refractivity contribution >= 4 is 42.8 Å². The monoisotopic (exact) mass is 372 g/mol. The van der Waals surface area contributed by atoms with Gasteiger partial charge in [-0.1, -0.05) is 12.1 Å². The lowest BCUT2D eigenvalue weighted by atomic mass is 10.0. The molecule has 1 N–H and O–H groups in total. The Balaban J connectivity index is 2.06. The molecule has 0 aliphatic carbocycles. The number of nitrogens with one attached hydrogen (secondary N) is 1. The van der Waals surface area contributed by atoms with Crippen LogP contribution in [0.4, 0.5) is 11.4 Å². The van der Waals surface area contributed by atoms with Crippen molar-refractivity contribution in [3.05, 3.63) is 41.3 Å². The summed E-state index contributed by atoms with van der Waals surface area (Å²) in [4.78, 5) is 0. The van der Waals surface area contributed by atoms with E-state index >= 15 is 0 Å². The first-order valence-corrected chi connectivity index (χ1v) is 11.2. The normalized spacial score (nSPS) is 15.3. The van der Waals surface area contributed by atoms with Gasteiger partial charge in [-0.15, -0.1) is 11.3 Å². The molecule has 0 atom stereocenters. The smallest absolute Gasteiger partial charge is 0.273 e. The summed E-state index contributed by atoms with van der Waals surface area (Å²) < 4.78 is 52.4. The van der Waals surface area contributed by atoms with Crippen molar-refractivity contribution in [1.29, 1.82) is 0 Å². The number of rotatable bonds is 4. The van der Waals surface area contributed by atoms with Crippen LogP contribution in [0.15, 0.2) is 39.9 Å². The molecule has 1 aromatic carbocycles. The predicted octanol–water partition coefficient (Wildman–Crippen LogP) is 2.26. The highest BCUT2D eigenvalue weighted by atomic mass is 32.2. The second-order valence-corrected chi connectivity index (χ2v) is 10.1. The minimum Gasteiger partial charge on any atom is -0.284 e. The molecule has 2 heterocycles. The Morgan fingerprint density at radius 2 is 1.96 bits per heavy atom. The Kier molecular flexibility index (Phi) is 4.11. The number of aryl methyl sites for hydroxylation is 1. The summed E-state index contributed by atoms with van der Waals surface area (Å²) in [6.45, 7) is 0.384. The van der Waals surface area contributed by atoms with E-state index in [0.29, 0.717) is 17.9 Å². The maximum absolute atomic E-state index is 12.8. The van der Waals surface area contributed by atoms with Gasteiger partial charge in [-0.25, -0.2) is 16.8 Å². The molecule has 1 aromatic heterocycles. The number of nitrogens with zero attached hydrogens (tertiary/aromatic N) is 1. The predicted molar refractivity (Wildman–Crippen MR) is 92.1 cm³/mol. The molecular weight excluding hydrogens is 356 g/mol. The Bertz CT molecular complexity index is 919. The number of anilines is 2. The molecule has 0 unspecified atom stereocenters. The summed E-state index contributed by atoms with van der Waals surface area (Å²) in [5.74, 6) is 0. The molecule has 3 rings (SSSR count). The Labute approximate surface area is 139 Å². The maximum Gasteiger partial charge on any atom is 0.273 e. The van der Waals surface area contributed by atoms with Crippen molar-refractivity contribution in [1.82, 2.24) is 0 Å². The van der Waals surface area contributed by atoms with Gasteiger partial charge in [0.15, 0.2) is 0 Å². The standard InChI is InChI=1S/C14H16N2O4S3/c1-22(17,18)15-12-7-6-11-4-2-8-16(13(11)10-12)23(19,20)14-5-3-9-21-14/h3,5-7,9-10,15H,2,4,8H2,1H3. The SMILES string of the molecule is CS(=O)(=O)Nc1ccc2c(c1)N(S(=O)(=O)c1cccs1)CCC2. The average Bonchev–Trinajstić information content (AvgIpc) is 2.99. The Morgan fingerprint density at radius 1 is 1.17 bits per heavy atom. The van der Waals surface area contributed by atoms with E-state index in [0.717, 1.165) is 24.7 Å². The first-order chi connectivity index (χ1) is 10.8. The van der Waals surface area contributed by atoms with E-state index in [1.54, 1.807) is 35.7 Å². The van der Waals surface area contributed by atoms with Crippen LogP contribution in [0.3, 0.4) is 0 Å². The van der Waals surface area contributed by atoms with Gasteiger partial charge in [0, 0.05) is 6.54 Å². The molecule has 6 nitrogen and oxygen atoms in total. The third-order valence-corrected chi connectivity index (χ3v) is 7.30. The zero-order valence-corrected chi connectivity index (χ0v) is 14.8. The minimum atomic E-state index is -3.62. The van der Waals surface area contributed by atoms with Gasteiger partial charge in [-0.3, -0.25) is 9.03 Å². The van der Waals surface area contributed by atoms with Gasteiger partial charge in [0.25, 0.3) is 10.0 Å². The molecule has 0 bridgehead atoms. The van der Waals surface area contributed by atoms with E-state index < -0.39 is 20.0 Å². The summed E-state index contributed by atoms with van der Waals surface area (Å²) in [6, 6.07) is 8.29. The number of hydrogen-bond acceptors (Lipinski definition) is 5. The summed E-state index contributed by atoms with van der Waals surface area (Å²) >= 11 is 1.17. The highest BCUT2D eigenvalue weighted by molar-refractivity contribution is 7.94. The largest absolute Gasteiger partial charge is 0.284 e. The Hall–Kier alpha value is -1.58. The molecule has 1 aliphatic rings. The van der Waals surface area contributed by atoms with Crippen molar-refractivity contribution in [2.75, 3.05) is 21.8 Å². The van der Waals surface area contributed by atoms with Gasteiger partial charge >= 0.3 is 0 Å². The van der Waals surface area contributed by atoms with E-state index in [-0.39, 0.29) is 4.21 Å². The molecule has 0 saturated carbocycles. The van der Waals surface area contributed by atoms with Crippen LogP contribution in [-0.4, -0.2) is 29.6 Å². The molecule has 0 fully saturated rings. The average molecular weight is 372 g/mol. The van der Waals surface area contributed by atoms with Crippen molar-refractivity contribution in [3.8, 4) is 0 Å². The van der Waals surface area contributed by atoms with E-state index in [1.165, 1.54) is 15.6 Å². The van der Waals surface area contributed by atoms with E-state index in [4.69, 9.17) is 0 Å². The van der Waals surface area contributed by atoms with Crippen LogP contribution in [0, 0.1) is 0 Å². The van der Waals surface area contributed by atoms with E-state index in [9.17, 15) is 16.8 Å². The maximum atomic E-state index is 12.8. The van der Waals surface area contributed by atoms with Crippen molar-refractivity contribution in [2.45, 2.75) is 17.1 Å². The third-order valence-electron chi connectivity index (χ3n) is 3.50. The first kappa shape index (κ1) is 16.3. The third kappa shape index (κ3) is 3.36. The van der Waals surface area contributed by atoms with Crippen molar-refractivity contribution in [2.24, 2.45) is 0 Å². The molecule has 0 amide bonds. The molecule has 0 radical (unpaired) electrons. The number of thiophene rings is 1. The van der Waals surface area contributed by atoms with E-state index in [2.05, 4.69) is 4.72 Å². The van der Waals surface area contributed by atoms with E-state index in [1.807, 2.05) is 0 Å². The van der Waals surface area contributed by atoms with Gasteiger partial charge < -0.3 is 0 Å². The highest BCUT2D eigenvalue weighted by Gasteiger charge is 2.30. The lowest BCUT2D eigenvalue weighted by Crippen LogP contribution is -2.35. The van der Waals surface area contributed by atoms with Gasteiger partial charge in [-0.2, -0.15) is 0 Å². The summed E-state index contributed by atoms with van der Waals surface area (Å²) in [5.41, 5.74) is 1.80. The molecular formula is C14H16N2O4S3. The van der Waals surface area contributed by atoms with Crippen molar-refractivity contribution in [3.63, 3.8) is 0 Å². The number of hydrogen-bond donors (Lipinski definition) is 1. The quantitative estimate of drug-likeness (QED) is 0.892. The number of sulfonamides is 2. The van der Waals surface area contributed by atoms with Gasteiger partial charge in [0.05, 0.1) is 17.6 Å². The summed E-state index contributed by atoms with van der Waals surface area (Å²) in [6.07, 6.45) is 2.56. The fraction of sp³-hybridized carbons (Fsp3) is 0.286. The summed E-state index contributed by atoms with van der Waals surface area (Å²) in [5, 5.41) is 1.72. The fourth-order valence-corrected chi connectivity index (χ4v) is 5.78. The van der Waals surface area contributed by atoms with Crippen LogP contribution in [0.2, 0.25) is 0 Å². The molecule has 2 aromatic rings. The second kappa shape index (κ2) is 5.81. The molecule has 0 saturated heterocycles. The van der Waals surface area contributed by atoms with Crippen LogP contribution in [-0.2, 0) is 26.5 Å². The molecule has 23 heavy (non-hydrogen) atoms. The minimum absolute atomic E-state index is 0.284. The number of benzene rings is 1. The first-order valence-electron chi connectivity index (χ1n) is 6.94. The van der Waals surface area contributed by atoms with Crippen LogP contribution in [0.1, 0.15) is 12.0 Å². The topological polar surface area (TPSA) is 83.6 Å². The van der Waals surface area contributed by atoms with Gasteiger partial charge in [0.1, 0.15) is 4.21 Å². The zero-order valence-electron chi connectivity index (χ0n) is 12.4. The van der Waals surface area contributed by atoms with Crippen LogP contribution >= 0.6 is 11.3 Å². The highest BCUT2D eigenvalue weighted by Crippen LogP contribution is 2.35. The zero-order chi connectivity index (χ0) is 16.7. The second-order valence-electron chi connectivity index (χ2n) is 5.33. The lowest BCUT2D eigenvalue weighted by Gasteiger charge is -2.30. The molecule has 1 aliphatic heterocycles. The molecule has 9 heteroatoms. The van der Waals surface area contributed by atoms with Crippen molar-refractivity contribution < 1.29 is 16.8 Å². The van der Waals surface area contributed by atoms with Gasteiger partial charge in [-0.05, 0) is 42.0 Å². The van der Waals surface area contributed by atoms with Gasteiger partial charge in [0.2, 0.25) is 10.0 Å². The van der Waals surface area contributed by atoms with Crippen LogP contribution in [0.25, 0.3) is 0 Å². The number of fused-ring (bicyclic) bond motifs is 1.